The van der Waals surface area contributed by atoms with E-state index < -0.39 is 17.4 Å². The van der Waals surface area contributed by atoms with Gasteiger partial charge in [0.1, 0.15) is 5.54 Å². The van der Waals surface area contributed by atoms with Crippen LogP contribution in [0.5, 0.6) is 0 Å². The highest BCUT2D eigenvalue weighted by molar-refractivity contribution is 7.99. The number of carbonyl (C=O) groups is 3. The number of hydrogen-bond acceptors (Lipinski definition) is 4. The summed E-state index contributed by atoms with van der Waals surface area (Å²) in [6, 6.07) is 6.50. The monoisotopic (exact) mass is 336 g/mol. The van der Waals surface area contributed by atoms with Crippen molar-refractivity contribution in [1.29, 1.82) is 0 Å². The molecule has 0 atom stereocenters. The van der Waals surface area contributed by atoms with Crippen molar-refractivity contribution in [3.8, 4) is 0 Å². The van der Waals surface area contributed by atoms with Gasteiger partial charge in [0.05, 0.1) is 0 Å². The largest absolute Gasteiger partial charge is 0.480 e. The number of carbonyl (C=O) groups excluding carboxylic acids is 2. The highest BCUT2D eigenvalue weighted by Gasteiger charge is 2.41. The van der Waals surface area contributed by atoms with Gasteiger partial charge in [-0.15, -0.1) is 0 Å². The van der Waals surface area contributed by atoms with Gasteiger partial charge in [-0.1, -0.05) is 13.0 Å². The first-order valence-electron chi connectivity index (χ1n) is 7.50. The molecule has 1 aliphatic heterocycles. The number of rotatable bonds is 5. The quantitative estimate of drug-likeness (QED) is 0.765. The molecule has 0 unspecified atom stereocenters. The molecule has 1 heterocycles. The molecule has 3 N–H and O–H groups in total. The molecule has 1 aromatic carbocycles. The van der Waals surface area contributed by atoms with Crippen molar-refractivity contribution in [2.45, 2.75) is 31.7 Å². The Labute approximate surface area is 139 Å². The molecule has 6 nitrogen and oxygen atoms in total. The van der Waals surface area contributed by atoms with E-state index in [4.69, 9.17) is 0 Å². The second kappa shape index (κ2) is 7.50. The van der Waals surface area contributed by atoms with Gasteiger partial charge in [-0.3, -0.25) is 9.59 Å². The Morgan fingerprint density at radius 2 is 1.96 bits per heavy atom. The maximum atomic E-state index is 12.4. The molecule has 0 saturated carbocycles. The molecule has 23 heavy (non-hydrogen) atoms. The molecular formula is C16H20N2O4S. The van der Waals surface area contributed by atoms with Crippen LogP contribution < -0.4 is 10.6 Å². The van der Waals surface area contributed by atoms with Gasteiger partial charge < -0.3 is 15.7 Å². The van der Waals surface area contributed by atoms with E-state index in [2.05, 4.69) is 10.6 Å². The highest BCUT2D eigenvalue weighted by atomic mass is 32.2. The van der Waals surface area contributed by atoms with E-state index in [1.54, 1.807) is 43.0 Å². The predicted molar refractivity (Wildman–Crippen MR) is 89.8 cm³/mol. The van der Waals surface area contributed by atoms with E-state index in [-0.39, 0.29) is 5.91 Å². The van der Waals surface area contributed by atoms with E-state index >= 15 is 0 Å². The lowest BCUT2D eigenvalue weighted by Gasteiger charge is -2.33. The Morgan fingerprint density at radius 3 is 2.57 bits per heavy atom. The van der Waals surface area contributed by atoms with Crippen molar-refractivity contribution in [2.75, 3.05) is 16.8 Å². The summed E-state index contributed by atoms with van der Waals surface area (Å²) in [5.41, 5.74) is -0.351. The number of benzene rings is 1. The van der Waals surface area contributed by atoms with Crippen LogP contribution in [-0.2, 0) is 9.59 Å². The van der Waals surface area contributed by atoms with E-state index in [1.165, 1.54) is 0 Å². The van der Waals surface area contributed by atoms with Crippen LogP contribution in [0.25, 0.3) is 0 Å². The number of thioether (sulfide) groups is 1. The molecule has 1 aliphatic rings. The van der Waals surface area contributed by atoms with Crippen LogP contribution in [0.4, 0.5) is 5.69 Å². The molecule has 124 valence electrons. The van der Waals surface area contributed by atoms with Gasteiger partial charge in [-0.25, -0.2) is 4.79 Å². The van der Waals surface area contributed by atoms with E-state index in [0.717, 1.165) is 0 Å². The van der Waals surface area contributed by atoms with Gasteiger partial charge in [0.2, 0.25) is 5.91 Å². The summed E-state index contributed by atoms with van der Waals surface area (Å²) in [6.45, 7) is 1.74. The van der Waals surface area contributed by atoms with Crippen molar-refractivity contribution in [1.82, 2.24) is 5.32 Å². The molecule has 1 aromatic rings. The maximum Gasteiger partial charge on any atom is 0.329 e. The Hall–Kier alpha value is -2.02. The number of aliphatic carboxylic acids is 1. The Kier molecular flexibility index (Phi) is 5.65. The van der Waals surface area contributed by atoms with Gasteiger partial charge >= 0.3 is 5.97 Å². The maximum absolute atomic E-state index is 12.4. The molecule has 2 rings (SSSR count). The summed E-state index contributed by atoms with van der Waals surface area (Å²) < 4.78 is 0. The number of amides is 2. The van der Waals surface area contributed by atoms with Gasteiger partial charge in [-0.05, 0) is 42.5 Å². The average Bonchev–Trinajstić information content (AvgIpc) is 2.55. The third kappa shape index (κ3) is 4.25. The standard InChI is InChI=1S/C16H20N2O4S/c1-2-13(19)17-12-5-3-4-11(10-12)14(20)18-16(15(21)22)6-8-23-9-7-16/h3-5,10H,2,6-9H2,1H3,(H,17,19)(H,18,20)(H,21,22). The fraction of sp³-hybridized carbons (Fsp3) is 0.438. The zero-order valence-corrected chi connectivity index (χ0v) is 13.7. The second-order valence-corrected chi connectivity index (χ2v) is 6.66. The van der Waals surface area contributed by atoms with Gasteiger partial charge in [0.25, 0.3) is 5.91 Å². The average molecular weight is 336 g/mol. The third-order valence-electron chi connectivity index (χ3n) is 3.84. The minimum atomic E-state index is -1.20. The van der Waals surface area contributed by atoms with Gasteiger partial charge in [-0.2, -0.15) is 11.8 Å². The first-order valence-corrected chi connectivity index (χ1v) is 8.66. The molecular weight excluding hydrogens is 316 g/mol. The fourth-order valence-corrected chi connectivity index (χ4v) is 3.58. The fourth-order valence-electron chi connectivity index (χ4n) is 2.39. The van der Waals surface area contributed by atoms with Crippen LogP contribution in [-0.4, -0.2) is 39.9 Å². The summed E-state index contributed by atoms with van der Waals surface area (Å²) in [5, 5.41) is 14.9. The van der Waals surface area contributed by atoms with Crippen LogP contribution in [0, 0.1) is 0 Å². The first-order chi connectivity index (χ1) is 11.0. The lowest BCUT2D eigenvalue weighted by molar-refractivity contribution is -0.144. The lowest BCUT2D eigenvalue weighted by Crippen LogP contribution is -2.56. The van der Waals surface area contributed by atoms with E-state index in [9.17, 15) is 19.5 Å². The second-order valence-electron chi connectivity index (χ2n) is 5.44. The zero-order chi connectivity index (χ0) is 16.9. The molecule has 2 amide bonds. The number of carboxylic acids is 1. The number of anilines is 1. The molecule has 1 saturated heterocycles. The number of nitrogens with one attached hydrogen (secondary N) is 2. The van der Waals surface area contributed by atoms with Gasteiger partial charge in [0.15, 0.2) is 0 Å². The number of hydrogen-bond donors (Lipinski definition) is 3. The Balaban J connectivity index is 2.14. The summed E-state index contributed by atoms with van der Waals surface area (Å²) in [4.78, 5) is 35.5. The van der Waals surface area contributed by atoms with Crippen molar-refractivity contribution >= 4 is 35.2 Å². The van der Waals surface area contributed by atoms with Gasteiger partial charge in [0, 0.05) is 17.7 Å². The van der Waals surface area contributed by atoms with Crippen molar-refractivity contribution in [3.63, 3.8) is 0 Å². The molecule has 1 fully saturated rings. The molecule has 0 aliphatic carbocycles. The van der Waals surface area contributed by atoms with Crippen molar-refractivity contribution in [2.24, 2.45) is 0 Å². The minimum absolute atomic E-state index is 0.145. The van der Waals surface area contributed by atoms with Crippen LogP contribution in [0.1, 0.15) is 36.5 Å². The van der Waals surface area contributed by atoms with Crippen LogP contribution in [0.3, 0.4) is 0 Å². The van der Waals surface area contributed by atoms with Crippen LogP contribution in [0.2, 0.25) is 0 Å². The van der Waals surface area contributed by atoms with E-state index in [0.29, 0.717) is 42.0 Å². The summed E-state index contributed by atoms with van der Waals surface area (Å²) in [7, 11) is 0. The highest BCUT2D eigenvalue weighted by Crippen LogP contribution is 2.28. The SMILES string of the molecule is CCC(=O)Nc1cccc(C(=O)NC2(C(=O)O)CCSCC2)c1. The smallest absolute Gasteiger partial charge is 0.329 e. The summed E-state index contributed by atoms with van der Waals surface area (Å²) in [5.74, 6) is -0.166. The first kappa shape index (κ1) is 17.3. The summed E-state index contributed by atoms with van der Waals surface area (Å²) >= 11 is 1.69. The summed E-state index contributed by atoms with van der Waals surface area (Å²) in [6.07, 6.45) is 1.16. The number of carboxylic acid groups (broad SMARTS) is 1. The molecule has 0 aromatic heterocycles. The van der Waals surface area contributed by atoms with Crippen molar-refractivity contribution in [3.05, 3.63) is 29.8 Å². The lowest BCUT2D eigenvalue weighted by atomic mass is 9.92. The third-order valence-corrected chi connectivity index (χ3v) is 4.82. The normalized spacial score (nSPS) is 16.4. The molecule has 7 heteroatoms. The van der Waals surface area contributed by atoms with Crippen molar-refractivity contribution < 1.29 is 19.5 Å². The Bertz CT molecular complexity index is 612. The van der Waals surface area contributed by atoms with E-state index in [1.807, 2.05) is 0 Å². The van der Waals surface area contributed by atoms with Crippen LogP contribution >= 0.6 is 11.8 Å². The predicted octanol–water partition coefficient (Wildman–Crippen LogP) is 2.12. The Morgan fingerprint density at radius 1 is 1.26 bits per heavy atom. The van der Waals surface area contributed by atoms with Crippen LogP contribution in [0.15, 0.2) is 24.3 Å². The molecule has 0 spiro atoms. The molecule has 0 bridgehead atoms. The topological polar surface area (TPSA) is 95.5 Å². The minimum Gasteiger partial charge on any atom is -0.480 e. The zero-order valence-electron chi connectivity index (χ0n) is 12.9. The molecule has 0 radical (unpaired) electrons.